The zero-order valence-electron chi connectivity index (χ0n) is 20.7. The van der Waals surface area contributed by atoms with E-state index in [0.29, 0.717) is 24.7 Å². The maximum absolute atomic E-state index is 12.5. The summed E-state index contributed by atoms with van der Waals surface area (Å²) in [5.74, 6) is 1.87. The minimum absolute atomic E-state index is 0.0471. The third-order valence-electron chi connectivity index (χ3n) is 5.70. The molecule has 0 aliphatic carbocycles. The van der Waals surface area contributed by atoms with E-state index >= 15 is 0 Å². The molecule has 1 aromatic heterocycles. The van der Waals surface area contributed by atoms with E-state index in [9.17, 15) is 13.2 Å². The van der Waals surface area contributed by atoms with Gasteiger partial charge in [-0.1, -0.05) is 45.0 Å². The van der Waals surface area contributed by atoms with Gasteiger partial charge in [-0.15, -0.1) is 13.2 Å². The number of halogens is 3. The molecule has 0 saturated carbocycles. The number of benzene rings is 3. The smallest absolute Gasteiger partial charge is 0.494 e. The largest absolute Gasteiger partial charge is 0.573 e. The maximum Gasteiger partial charge on any atom is 0.573 e. The number of fused-ring (bicyclic) bond motifs is 1. The highest BCUT2D eigenvalue weighted by Gasteiger charge is 2.31. The molecule has 8 heteroatoms. The molecular formula is C28H29F3N2O3. The van der Waals surface area contributed by atoms with Crippen molar-refractivity contribution in [3.63, 3.8) is 0 Å². The quantitative estimate of drug-likeness (QED) is 0.257. The van der Waals surface area contributed by atoms with E-state index in [-0.39, 0.29) is 17.8 Å². The molecule has 0 saturated heterocycles. The van der Waals surface area contributed by atoms with Crippen LogP contribution in [0.1, 0.15) is 44.6 Å². The zero-order valence-corrected chi connectivity index (χ0v) is 20.7. The predicted octanol–water partition coefficient (Wildman–Crippen LogP) is 7.26. The van der Waals surface area contributed by atoms with Gasteiger partial charge in [-0.3, -0.25) is 0 Å². The molecule has 0 bridgehead atoms. The first-order valence-corrected chi connectivity index (χ1v) is 11.7. The van der Waals surface area contributed by atoms with E-state index in [0.717, 1.165) is 22.3 Å². The van der Waals surface area contributed by atoms with Gasteiger partial charge in [0.2, 0.25) is 0 Å². The average molecular weight is 499 g/mol. The number of hydrogen-bond donors (Lipinski definition) is 0. The van der Waals surface area contributed by atoms with E-state index in [2.05, 4.69) is 37.6 Å². The van der Waals surface area contributed by atoms with Gasteiger partial charge in [0, 0.05) is 12.6 Å². The van der Waals surface area contributed by atoms with Crippen LogP contribution >= 0.6 is 0 Å². The normalized spacial score (nSPS) is 12.1. The van der Waals surface area contributed by atoms with E-state index < -0.39 is 6.36 Å². The Bertz CT molecular complexity index is 1310. The highest BCUT2D eigenvalue weighted by Crippen LogP contribution is 2.27. The third kappa shape index (κ3) is 6.30. The Kier molecular flexibility index (Phi) is 7.15. The average Bonchev–Trinajstić information content (AvgIpc) is 3.14. The molecular weight excluding hydrogens is 469 g/mol. The molecule has 0 aliphatic heterocycles. The molecule has 0 spiro atoms. The van der Waals surface area contributed by atoms with Crippen LogP contribution in [0.5, 0.6) is 17.2 Å². The minimum Gasteiger partial charge on any atom is -0.494 e. The van der Waals surface area contributed by atoms with Crippen molar-refractivity contribution in [3.05, 3.63) is 83.7 Å². The standard InChI is InChI=1S/C28H29F3N2O3/c1-5-34-23-14-15-25-24(16-23)32-26(18-35-21-12-8-20(9-13-21)27(2,3)4)33(25)17-19-6-10-22(11-7-19)36-28(29,30)31/h6-16H,5,17-18H2,1-4H3. The third-order valence-corrected chi connectivity index (χ3v) is 5.70. The number of aromatic nitrogens is 2. The van der Waals surface area contributed by atoms with Gasteiger partial charge >= 0.3 is 6.36 Å². The van der Waals surface area contributed by atoms with Crippen LogP contribution in [0.2, 0.25) is 0 Å². The molecule has 0 atom stereocenters. The summed E-state index contributed by atoms with van der Waals surface area (Å²) in [6.45, 7) is 9.55. The Balaban J connectivity index is 1.60. The van der Waals surface area contributed by atoms with Crippen LogP contribution in [0, 0.1) is 0 Å². The Labute approximate surface area is 208 Å². The number of hydrogen-bond acceptors (Lipinski definition) is 4. The van der Waals surface area contributed by atoms with E-state index in [1.165, 1.54) is 17.7 Å². The summed E-state index contributed by atoms with van der Waals surface area (Å²) >= 11 is 0. The first-order chi connectivity index (χ1) is 17.0. The molecule has 0 amide bonds. The lowest BCUT2D eigenvalue weighted by atomic mass is 9.87. The minimum atomic E-state index is -4.73. The summed E-state index contributed by atoms with van der Waals surface area (Å²) < 4.78 is 55.2. The summed E-state index contributed by atoms with van der Waals surface area (Å²) in [7, 11) is 0. The summed E-state index contributed by atoms with van der Waals surface area (Å²) in [6.07, 6.45) is -4.73. The lowest BCUT2D eigenvalue weighted by molar-refractivity contribution is -0.274. The topological polar surface area (TPSA) is 45.5 Å². The number of ether oxygens (including phenoxy) is 3. The SMILES string of the molecule is CCOc1ccc2c(c1)nc(COc1ccc(C(C)(C)C)cc1)n2Cc1ccc(OC(F)(F)F)cc1. The monoisotopic (exact) mass is 498 g/mol. The Morgan fingerprint density at radius 2 is 1.44 bits per heavy atom. The molecule has 190 valence electrons. The molecule has 5 nitrogen and oxygen atoms in total. The van der Waals surface area contributed by atoms with Crippen molar-refractivity contribution in [2.45, 2.75) is 52.6 Å². The first-order valence-electron chi connectivity index (χ1n) is 11.7. The molecule has 3 aromatic carbocycles. The van der Waals surface area contributed by atoms with Gasteiger partial charge in [0.25, 0.3) is 0 Å². The Morgan fingerprint density at radius 1 is 0.806 bits per heavy atom. The van der Waals surface area contributed by atoms with Gasteiger partial charge in [0.05, 0.1) is 17.6 Å². The van der Waals surface area contributed by atoms with Gasteiger partial charge in [-0.25, -0.2) is 4.98 Å². The number of nitrogens with zero attached hydrogens (tertiary/aromatic N) is 2. The molecule has 4 rings (SSSR count). The van der Waals surface area contributed by atoms with Crippen molar-refractivity contribution >= 4 is 11.0 Å². The summed E-state index contributed by atoms with van der Waals surface area (Å²) in [6, 6.07) is 19.5. The molecule has 0 unspecified atom stereocenters. The number of alkyl halides is 3. The van der Waals surface area contributed by atoms with Gasteiger partial charge in [0.15, 0.2) is 0 Å². The van der Waals surface area contributed by atoms with Gasteiger partial charge in [-0.2, -0.15) is 0 Å². The molecule has 1 heterocycles. The molecule has 36 heavy (non-hydrogen) atoms. The summed E-state index contributed by atoms with van der Waals surface area (Å²) in [5.41, 5.74) is 3.68. The lowest BCUT2D eigenvalue weighted by Gasteiger charge is -2.19. The van der Waals surface area contributed by atoms with Gasteiger partial charge < -0.3 is 18.8 Å². The van der Waals surface area contributed by atoms with Crippen molar-refractivity contribution in [1.82, 2.24) is 9.55 Å². The first kappa shape index (κ1) is 25.4. The summed E-state index contributed by atoms with van der Waals surface area (Å²) in [5, 5.41) is 0. The second kappa shape index (κ2) is 10.1. The van der Waals surface area contributed by atoms with Crippen LogP contribution in [0.15, 0.2) is 66.7 Å². The summed E-state index contributed by atoms with van der Waals surface area (Å²) in [4.78, 5) is 4.77. The molecule has 0 N–H and O–H groups in total. The van der Waals surface area contributed by atoms with Crippen molar-refractivity contribution < 1.29 is 27.4 Å². The molecule has 4 aromatic rings. The van der Waals surface area contributed by atoms with E-state index in [4.69, 9.17) is 14.5 Å². The fourth-order valence-electron chi connectivity index (χ4n) is 3.88. The molecule has 0 aliphatic rings. The Morgan fingerprint density at radius 3 is 2.06 bits per heavy atom. The van der Waals surface area contributed by atoms with Crippen LogP contribution in [-0.2, 0) is 18.6 Å². The van der Waals surface area contributed by atoms with Crippen LogP contribution in [0.4, 0.5) is 13.2 Å². The fourth-order valence-corrected chi connectivity index (χ4v) is 3.88. The van der Waals surface area contributed by atoms with E-state index in [1.54, 1.807) is 12.1 Å². The van der Waals surface area contributed by atoms with Crippen molar-refractivity contribution in [2.24, 2.45) is 0 Å². The van der Waals surface area contributed by atoms with Gasteiger partial charge in [-0.05, 0) is 59.9 Å². The van der Waals surface area contributed by atoms with Crippen LogP contribution < -0.4 is 14.2 Å². The van der Waals surface area contributed by atoms with Crippen molar-refractivity contribution in [3.8, 4) is 17.2 Å². The predicted molar refractivity (Wildman–Crippen MR) is 133 cm³/mol. The highest BCUT2D eigenvalue weighted by molar-refractivity contribution is 5.78. The van der Waals surface area contributed by atoms with E-state index in [1.807, 2.05) is 41.8 Å². The Hall–Kier alpha value is -3.68. The highest BCUT2D eigenvalue weighted by atomic mass is 19.4. The van der Waals surface area contributed by atoms with Crippen LogP contribution in [-0.4, -0.2) is 22.5 Å². The van der Waals surface area contributed by atoms with Crippen molar-refractivity contribution in [1.29, 1.82) is 0 Å². The molecule has 0 fully saturated rings. The number of imidazole rings is 1. The van der Waals surface area contributed by atoms with Gasteiger partial charge in [0.1, 0.15) is 29.7 Å². The molecule has 0 radical (unpaired) electrons. The van der Waals surface area contributed by atoms with Crippen LogP contribution in [0.3, 0.4) is 0 Å². The maximum atomic E-state index is 12.5. The lowest BCUT2D eigenvalue weighted by Crippen LogP contribution is -2.17. The number of rotatable bonds is 8. The zero-order chi connectivity index (χ0) is 25.9. The fraction of sp³-hybridized carbons (Fsp3) is 0.321. The second-order valence-electron chi connectivity index (χ2n) is 9.45. The van der Waals surface area contributed by atoms with Crippen molar-refractivity contribution in [2.75, 3.05) is 6.61 Å². The van der Waals surface area contributed by atoms with Crippen LogP contribution in [0.25, 0.3) is 11.0 Å². The second-order valence-corrected chi connectivity index (χ2v) is 9.45.